The summed E-state index contributed by atoms with van der Waals surface area (Å²) in [6.45, 7) is 0.560. The number of fused-ring (bicyclic) bond motifs is 1. The maximum Gasteiger partial charge on any atom is 0.241 e. The third kappa shape index (κ3) is 3.78. The fraction of sp³-hybridized carbons (Fsp3) is 0.167. The van der Waals surface area contributed by atoms with E-state index in [9.17, 15) is 4.79 Å². The van der Waals surface area contributed by atoms with Crippen LogP contribution in [0.5, 0.6) is 5.75 Å². The number of ether oxygens (including phenoxy) is 1. The number of hydrazone groups is 1. The van der Waals surface area contributed by atoms with Gasteiger partial charge in [-0.25, -0.2) is 10.4 Å². The van der Waals surface area contributed by atoms with Crippen LogP contribution in [0.3, 0.4) is 0 Å². The molecule has 24 heavy (non-hydrogen) atoms. The highest BCUT2D eigenvalue weighted by atomic mass is 16.5. The number of methoxy groups -OCH3 is 1. The number of aromatic nitrogens is 2. The maximum absolute atomic E-state index is 11.9. The number of rotatable bonds is 6. The number of hydrogen-bond donors (Lipinski definition) is 1. The molecule has 1 N–H and O–H groups in total. The van der Waals surface area contributed by atoms with E-state index >= 15 is 0 Å². The number of aryl methyl sites for hydroxylation is 1. The van der Waals surface area contributed by atoms with Crippen molar-refractivity contribution in [2.24, 2.45) is 5.10 Å². The molecule has 1 heterocycles. The first kappa shape index (κ1) is 15.7. The Labute approximate surface area is 139 Å². The average molecular weight is 322 g/mol. The third-order valence-electron chi connectivity index (χ3n) is 3.63. The number of imidazole rings is 1. The van der Waals surface area contributed by atoms with Crippen molar-refractivity contribution >= 4 is 23.2 Å². The zero-order chi connectivity index (χ0) is 16.8. The van der Waals surface area contributed by atoms with Crippen molar-refractivity contribution in [3.63, 3.8) is 0 Å². The first-order valence-electron chi connectivity index (χ1n) is 7.62. The minimum Gasteiger partial charge on any atom is -0.497 e. The van der Waals surface area contributed by atoms with Crippen LogP contribution < -0.4 is 10.2 Å². The predicted molar refractivity (Wildman–Crippen MR) is 93.1 cm³/mol. The lowest BCUT2D eigenvalue weighted by atomic mass is 10.2. The van der Waals surface area contributed by atoms with Gasteiger partial charge >= 0.3 is 0 Å². The Morgan fingerprint density at radius 1 is 1.25 bits per heavy atom. The summed E-state index contributed by atoms with van der Waals surface area (Å²) in [5.74, 6) is 0.640. The summed E-state index contributed by atoms with van der Waals surface area (Å²) in [4.78, 5) is 16.2. The fourth-order valence-corrected chi connectivity index (χ4v) is 2.34. The summed E-state index contributed by atoms with van der Waals surface area (Å²) in [6.07, 6.45) is 3.68. The number of nitrogens with zero attached hydrogens (tertiary/aromatic N) is 3. The fourth-order valence-electron chi connectivity index (χ4n) is 2.34. The van der Waals surface area contributed by atoms with Crippen molar-refractivity contribution in [3.05, 3.63) is 60.4 Å². The summed E-state index contributed by atoms with van der Waals surface area (Å²) in [7, 11) is 1.62. The predicted octanol–water partition coefficient (Wildman–Crippen LogP) is 2.59. The van der Waals surface area contributed by atoms with Crippen LogP contribution in [0.2, 0.25) is 0 Å². The van der Waals surface area contributed by atoms with E-state index < -0.39 is 0 Å². The topological polar surface area (TPSA) is 68.5 Å². The van der Waals surface area contributed by atoms with Crippen LogP contribution in [0.15, 0.2) is 60.0 Å². The van der Waals surface area contributed by atoms with Gasteiger partial charge in [-0.1, -0.05) is 12.1 Å². The molecule has 6 heteroatoms. The van der Waals surface area contributed by atoms with Gasteiger partial charge in [0.05, 0.1) is 30.7 Å². The van der Waals surface area contributed by atoms with E-state index in [0.29, 0.717) is 13.0 Å². The lowest BCUT2D eigenvalue weighted by molar-refractivity contribution is -0.121. The van der Waals surface area contributed by atoms with Crippen LogP contribution in [0, 0.1) is 0 Å². The number of hydrogen-bond acceptors (Lipinski definition) is 4. The van der Waals surface area contributed by atoms with E-state index in [1.807, 2.05) is 53.1 Å². The zero-order valence-electron chi connectivity index (χ0n) is 13.3. The van der Waals surface area contributed by atoms with Crippen molar-refractivity contribution in [1.82, 2.24) is 15.0 Å². The van der Waals surface area contributed by atoms with Crippen LogP contribution >= 0.6 is 0 Å². The highest BCUT2D eigenvalue weighted by Crippen LogP contribution is 2.12. The third-order valence-corrected chi connectivity index (χ3v) is 3.63. The second kappa shape index (κ2) is 7.41. The highest BCUT2D eigenvalue weighted by Gasteiger charge is 2.04. The van der Waals surface area contributed by atoms with Crippen LogP contribution in [-0.4, -0.2) is 28.8 Å². The molecule has 3 rings (SSSR count). The summed E-state index contributed by atoms with van der Waals surface area (Å²) in [5, 5.41) is 3.97. The van der Waals surface area contributed by atoms with E-state index in [-0.39, 0.29) is 5.91 Å². The smallest absolute Gasteiger partial charge is 0.241 e. The molecule has 1 aromatic heterocycles. The summed E-state index contributed by atoms with van der Waals surface area (Å²) in [5.41, 5.74) is 5.37. The second-order valence-electron chi connectivity index (χ2n) is 5.24. The minimum absolute atomic E-state index is 0.141. The molecule has 0 atom stereocenters. The Hall–Kier alpha value is -3.15. The molecule has 0 aliphatic rings. The summed E-state index contributed by atoms with van der Waals surface area (Å²) < 4.78 is 7.05. The quantitative estimate of drug-likeness (QED) is 0.560. The van der Waals surface area contributed by atoms with Crippen molar-refractivity contribution < 1.29 is 9.53 Å². The molecule has 0 unspecified atom stereocenters. The Balaban J connectivity index is 1.51. The zero-order valence-corrected chi connectivity index (χ0v) is 13.3. The van der Waals surface area contributed by atoms with Crippen molar-refractivity contribution in [1.29, 1.82) is 0 Å². The number of benzene rings is 2. The standard InChI is InChI=1S/C18H18N4O2/c1-24-15-8-6-14(7-9-15)12-20-21-18(23)10-11-22-13-19-16-4-2-3-5-17(16)22/h2-9,12-13H,10-11H2,1H3,(H,21,23)/b20-12-. The van der Waals surface area contributed by atoms with Crippen LogP contribution in [0.25, 0.3) is 11.0 Å². The molecule has 0 aliphatic heterocycles. The monoisotopic (exact) mass is 322 g/mol. The van der Waals surface area contributed by atoms with E-state index in [2.05, 4.69) is 15.5 Å². The van der Waals surface area contributed by atoms with Gasteiger partial charge < -0.3 is 9.30 Å². The molecule has 0 saturated heterocycles. The molecular weight excluding hydrogens is 304 g/mol. The molecule has 0 spiro atoms. The van der Waals surface area contributed by atoms with E-state index in [4.69, 9.17) is 4.74 Å². The van der Waals surface area contributed by atoms with Gasteiger partial charge in [0.1, 0.15) is 5.75 Å². The Morgan fingerprint density at radius 3 is 2.83 bits per heavy atom. The van der Waals surface area contributed by atoms with Gasteiger partial charge in [0.15, 0.2) is 0 Å². The number of nitrogens with one attached hydrogen (secondary N) is 1. The molecular formula is C18H18N4O2. The number of para-hydroxylation sites is 2. The lowest BCUT2D eigenvalue weighted by Gasteiger charge is -2.03. The SMILES string of the molecule is COc1ccc(/C=N\NC(=O)CCn2cnc3ccccc32)cc1. The molecule has 3 aromatic rings. The van der Waals surface area contributed by atoms with E-state index in [1.165, 1.54) is 0 Å². The van der Waals surface area contributed by atoms with Gasteiger partial charge in [-0.2, -0.15) is 5.10 Å². The first-order chi connectivity index (χ1) is 11.8. The second-order valence-corrected chi connectivity index (χ2v) is 5.24. The molecule has 6 nitrogen and oxygen atoms in total. The van der Waals surface area contributed by atoms with Gasteiger partial charge in [-0.15, -0.1) is 0 Å². The van der Waals surface area contributed by atoms with Crippen molar-refractivity contribution in [3.8, 4) is 5.75 Å². The van der Waals surface area contributed by atoms with Gasteiger partial charge in [0.2, 0.25) is 5.91 Å². The molecule has 1 amide bonds. The van der Waals surface area contributed by atoms with Crippen molar-refractivity contribution in [2.45, 2.75) is 13.0 Å². The van der Waals surface area contributed by atoms with Gasteiger partial charge in [0, 0.05) is 13.0 Å². The van der Waals surface area contributed by atoms with E-state index in [0.717, 1.165) is 22.3 Å². The average Bonchev–Trinajstić information content (AvgIpc) is 3.04. The lowest BCUT2D eigenvalue weighted by Crippen LogP contribution is -2.19. The molecule has 0 bridgehead atoms. The highest BCUT2D eigenvalue weighted by molar-refractivity contribution is 5.82. The molecule has 0 fully saturated rings. The van der Waals surface area contributed by atoms with Gasteiger partial charge in [0.25, 0.3) is 0 Å². The van der Waals surface area contributed by atoms with Gasteiger partial charge in [-0.3, -0.25) is 4.79 Å². The number of carbonyl (C=O) groups is 1. The van der Waals surface area contributed by atoms with Crippen molar-refractivity contribution in [2.75, 3.05) is 7.11 Å². The molecule has 122 valence electrons. The van der Waals surface area contributed by atoms with Crippen LogP contribution in [0.4, 0.5) is 0 Å². The minimum atomic E-state index is -0.141. The summed E-state index contributed by atoms with van der Waals surface area (Å²) >= 11 is 0. The molecule has 0 radical (unpaired) electrons. The van der Waals surface area contributed by atoms with E-state index in [1.54, 1.807) is 19.7 Å². The first-order valence-corrected chi connectivity index (χ1v) is 7.62. The van der Waals surface area contributed by atoms with Crippen LogP contribution in [0.1, 0.15) is 12.0 Å². The van der Waals surface area contributed by atoms with Crippen LogP contribution in [-0.2, 0) is 11.3 Å². The largest absolute Gasteiger partial charge is 0.497 e. The maximum atomic E-state index is 11.9. The Kier molecular flexibility index (Phi) is 4.86. The summed E-state index contributed by atoms with van der Waals surface area (Å²) in [6, 6.07) is 15.3. The molecule has 0 aliphatic carbocycles. The normalized spacial score (nSPS) is 11.0. The van der Waals surface area contributed by atoms with Gasteiger partial charge in [-0.05, 0) is 42.0 Å². The molecule has 2 aromatic carbocycles. The number of carbonyl (C=O) groups excluding carboxylic acids is 1. The number of amides is 1. The Bertz CT molecular complexity index is 853. The Morgan fingerprint density at radius 2 is 2.04 bits per heavy atom. The molecule has 0 saturated carbocycles.